The molecule has 52 heavy (non-hydrogen) atoms. The van der Waals surface area contributed by atoms with Gasteiger partial charge in [0.15, 0.2) is 17.3 Å². The normalized spacial score (nSPS) is 20.7. The Bertz CT molecular complexity index is 2140. The van der Waals surface area contributed by atoms with Crippen LogP contribution in [0.3, 0.4) is 0 Å². The molecule has 0 radical (unpaired) electrons. The fourth-order valence-corrected chi connectivity index (χ4v) is 7.86. The Hall–Kier alpha value is -5.49. The number of carbonyl (C=O) groups is 2. The lowest BCUT2D eigenvalue weighted by molar-refractivity contribution is -0.146. The third-order valence-electron chi connectivity index (χ3n) is 10.8. The Labute approximate surface area is 299 Å². The molecule has 3 aromatic carbocycles. The van der Waals surface area contributed by atoms with Crippen molar-refractivity contribution in [1.82, 2.24) is 24.9 Å². The molecule has 2 aromatic heterocycles. The summed E-state index contributed by atoms with van der Waals surface area (Å²) in [5, 5.41) is 11.8. The number of aromatic nitrogens is 3. The van der Waals surface area contributed by atoms with E-state index in [1.54, 1.807) is 12.4 Å². The van der Waals surface area contributed by atoms with Crippen LogP contribution in [0, 0.1) is 23.5 Å². The van der Waals surface area contributed by atoms with Crippen molar-refractivity contribution in [1.29, 1.82) is 0 Å². The molecule has 0 spiro atoms. The molecule has 12 heteroatoms. The van der Waals surface area contributed by atoms with Gasteiger partial charge in [-0.1, -0.05) is 41.6 Å². The van der Waals surface area contributed by atoms with Crippen LogP contribution in [0.4, 0.5) is 14.5 Å². The molecule has 2 aliphatic heterocycles. The van der Waals surface area contributed by atoms with Gasteiger partial charge in [-0.3, -0.25) is 4.79 Å². The van der Waals surface area contributed by atoms with Gasteiger partial charge in [0.2, 0.25) is 5.91 Å². The Morgan fingerprint density at radius 3 is 2.40 bits per heavy atom. The van der Waals surface area contributed by atoms with E-state index in [0.29, 0.717) is 6.07 Å². The Morgan fingerprint density at radius 1 is 0.904 bits per heavy atom. The van der Waals surface area contributed by atoms with Crippen molar-refractivity contribution in [3.8, 4) is 22.5 Å². The number of carboxylic acids is 1. The van der Waals surface area contributed by atoms with Gasteiger partial charge >= 0.3 is 5.97 Å². The number of anilines is 1. The highest BCUT2D eigenvalue weighted by Gasteiger charge is 2.44. The molecule has 3 fully saturated rings. The molecule has 10 nitrogen and oxygen atoms in total. The number of carboxylic acid groups (broad SMARTS) is 1. The molecule has 3 atom stereocenters. The van der Waals surface area contributed by atoms with E-state index < -0.39 is 17.6 Å². The number of halogens is 2. The average Bonchev–Trinajstić information content (AvgIpc) is 3.65. The number of nitrogens with zero attached hydrogens (tertiary/aromatic N) is 5. The number of likely N-dealkylation sites (tertiary alicyclic amines) is 2. The average molecular weight is 705 g/mol. The molecule has 1 amide bonds. The largest absolute Gasteiger partial charge is 0.476 e. The van der Waals surface area contributed by atoms with E-state index in [4.69, 9.17) is 10.8 Å². The van der Waals surface area contributed by atoms with Crippen molar-refractivity contribution in [3.05, 3.63) is 119 Å². The third kappa shape index (κ3) is 6.54. The second kappa shape index (κ2) is 13.9. The lowest BCUT2D eigenvalue weighted by Gasteiger charge is -2.46. The number of carbonyl (C=O) groups excluding carboxylic acids is 1. The quantitative estimate of drug-likeness (QED) is 0.173. The highest BCUT2D eigenvalue weighted by Crippen LogP contribution is 2.46. The smallest absolute Gasteiger partial charge is 0.358 e. The first-order chi connectivity index (χ1) is 25.2. The van der Waals surface area contributed by atoms with Gasteiger partial charge in [0.25, 0.3) is 0 Å². The summed E-state index contributed by atoms with van der Waals surface area (Å²) in [7, 11) is 0. The van der Waals surface area contributed by atoms with Crippen LogP contribution in [-0.4, -0.2) is 68.1 Å². The Balaban J connectivity index is 0.000000203. The molecular weight excluding hydrogens is 666 g/mol. The Morgan fingerprint density at radius 2 is 1.69 bits per heavy atom. The predicted molar refractivity (Wildman–Crippen MR) is 189 cm³/mol. The molecule has 3 N–H and O–H groups in total. The number of amides is 1. The van der Waals surface area contributed by atoms with Crippen molar-refractivity contribution in [2.45, 2.75) is 44.1 Å². The van der Waals surface area contributed by atoms with E-state index >= 15 is 0 Å². The summed E-state index contributed by atoms with van der Waals surface area (Å²) in [4.78, 5) is 38.1. The number of nitrogen functional groups attached to an aromatic ring is 1. The van der Waals surface area contributed by atoms with Gasteiger partial charge in [0.1, 0.15) is 11.6 Å². The molecule has 4 heterocycles. The summed E-state index contributed by atoms with van der Waals surface area (Å²) in [6.07, 6.45) is 8.98. The van der Waals surface area contributed by atoms with Gasteiger partial charge in [0.05, 0.1) is 17.5 Å². The molecule has 2 saturated heterocycles. The van der Waals surface area contributed by atoms with Crippen LogP contribution in [0.5, 0.6) is 0 Å². The fourth-order valence-electron chi connectivity index (χ4n) is 7.86. The molecule has 266 valence electrons. The van der Waals surface area contributed by atoms with Crippen molar-refractivity contribution in [2.24, 2.45) is 11.8 Å². The highest BCUT2D eigenvalue weighted by atomic mass is 19.1. The van der Waals surface area contributed by atoms with Gasteiger partial charge in [-0.2, -0.15) is 0 Å². The van der Waals surface area contributed by atoms with Crippen molar-refractivity contribution in [3.63, 3.8) is 0 Å². The minimum Gasteiger partial charge on any atom is -0.476 e. The van der Waals surface area contributed by atoms with E-state index in [-0.39, 0.29) is 40.8 Å². The first-order valence-electron chi connectivity index (χ1n) is 17.7. The number of piperidine rings is 1. The van der Waals surface area contributed by atoms with Crippen LogP contribution in [0.1, 0.15) is 70.6 Å². The van der Waals surface area contributed by atoms with Gasteiger partial charge in [-0.15, -0.1) is 0 Å². The maximum absolute atomic E-state index is 14.1. The lowest BCUT2D eigenvalue weighted by atomic mass is 9.77. The Kier molecular flexibility index (Phi) is 9.00. The lowest BCUT2D eigenvalue weighted by Crippen LogP contribution is -2.53. The SMILES string of the molecule is Nc1c([C@H]2CCN(CC3CC3)C[C@H]2C(=O)N2CC[C@H]2c2ncccn2)ccc2c1Cc1ccccc1-2.O=C(O)c1cc(-c2ccc(F)cc2F)on1. The molecule has 5 aromatic rings. The monoisotopic (exact) mass is 704 g/mol. The van der Waals surface area contributed by atoms with Crippen molar-refractivity contribution >= 4 is 17.6 Å². The molecule has 0 unspecified atom stereocenters. The number of benzene rings is 3. The summed E-state index contributed by atoms with van der Waals surface area (Å²) < 4.78 is 30.5. The zero-order valence-electron chi connectivity index (χ0n) is 28.4. The topological polar surface area (TPSA) is 139 Å². The van der Waals surface area contributed by atoms with E-state index in [2.05, 4.69) is 60.9 Å². The molecule has 1 saturated carbocycles. The summed E-state index contributed by atoms with van der Waals surface area (Å²) >= 11 is 0. The summed E-state index contributed by atoms with van der Waals surface area (Å²) in [5.74, 6) is -1.04. The summed E-state index contributed by atoms with van der Waals surface area (Å²) in [5.41, 5.74) is 13.7. The fraction of sp³-hybridized carbons (Fsp3) is 0.325. The molecule has 4 aliphatic rings. The first kappa shape index (κ1) is 33.6. The number of nitrogens with two attached hydrogens (primary N) is 1. The van der Waals surface area contributed by atoms with Crippen LogP contribution < -0.4 is 5.73 Å². The molecular formula is C40H38F2N6O4. The minimum atomic E-state index is -1.28. The zero-order valence-corrected chi connectivity index (χ0v) is 28.4. The maximum atomic E-state index is 14.1. The van der Waals surface area contributed by atoms with Crippen molar-refractivity contribution < 1.29 is 28.0 Å². The first-order valence-corrected chi connectivity index (χ1v) is 17.7. The van der Waals surface area contributed by atoms with Gasteiger partial charge in [0, 0.05) is 56.3 Å². The number of aromatic carboxylic acids is 1. The van der Waals surface area contributed by atoms with Gasteiger partial charge in [-0.05, 0) is 90.1 Å². The molecule has 9 rings (SSSR count). The van der Waals surface area contributed by atoms with Crippen LogP contribution in [-0.2, 0) is 11.2 Å². The van der Waals surface area contributed by atoms with Crippen LogP contribution in [0.25, 0.3) is 22.5 Å². The van der Waals surface area contributed by atoms with Crippen LogP contribution in [0.2, 0.25) is 0 Å². The number of fused-ring (bicyclic) bond motifs is 3. The summed E-state index contributed by atoms with van der Waals surface area (Å²) in [6, 6.07) is 18.8. The second-order valence-electron chi connectivity index (χ2n) is 14.1. The highest BCUT2D eigenvalue weighted by molar-refractivity contribution is 5.87. The van der Waals surface area contributed by atoms with Gasteiger partial charge in [-0.25, -0.2) is 23.5 Å². The second-order valence-corrected chi connectivity index (χ2v) is 14.1. The molecule has 0 bridgehead atoms. The van der Waals surface area contributed by atoms with Crippen LogP contribution in [0.15, 0.2) is 83.6 Å². The van der Waals surface area contributed by atoms with E-state index in [9.17, 15) is 18.4 Å². The molecule has 2 aliphatic carbocycles. The van der Waals surface area contributed by atoms with E-state index in [1.165, 1.54) is 40.7 Å². The van der Waals surface area contributed by atoms with Crippen LogP contribution >= 0.6 is 0 Å². The zero-order chi connectivity index (χ0) is 35.9. The maximum Gasteiger partial charge on any atom is 0.358 e. The van der Waals surface area contributed by atoms with E-state index in [0.717, 1.165) is 81.1 Å². The number of hydrogen-bond donors (Lipinski definition) is 2. The van der Waals surface area contributed by atoms with Crippen molar-refractivity contribution in [2.75, 3.05) is 31.9 Å². The minimum absolute atomic E-state index is 0.00924. The standard InChI is InChI=1S/C30H33N5O.C10H5F2NO3/c31-28-24(9-8-22-21-5-2-1-4-20(21)16-25(22)28)23-10-14-34(17-19-6-7-19)18-26(23)30(36)35-15-11-27(35)29-32-12-3-13-33-29;11-5-1-2-6(7(12)3-5)9-4-8(10(14)15)13-16-9/h1-5,8-9,12-13,19,23,26-27H,6-7,10-11,14-18,31H2;1-4H,(H,14,15)/t23-,26-,27+;/m1./s1. The number of hydrogen-bond acceptors (Lipinski definition) is 8. The van der Waals surface area contributed by atoms with E-state index in [1.807, 2.05) is 11.0 Å². The summed E-state index contributed by atoms with van der Waals surface area (Å²) in [6.45, 7) is 3.75. The predicted octanol–water partition coefficient (Wildman–Crippen LogP) is 6.74. The van der Waals surface area contributed by atoms with Gasteiger partial charge < -0.3 is 25.2 Å². The number of rotatable bonds is 7. The third-order valence-corrected chi connectivity index (χ3v) is 10.8.